The van der Waals surface area contributed by atoms with Crippen LogP contribution in [0.4, 0.5) is 5.69 Å². The maximum absolute atomic E-state index is 12.2. The van der Waals surface area contributed by atoms with Gasteiger partial charge >= 0.3 is 0 Å². The van der Waals surface area contributed by atoms with E-state index in [-0.39, 0.29) is 5.78 Å². The van der Waals surface area contributed by atoms with Gasteiger partial charge in [-0.2, -0.15) is 0 Å². The normalized spacial score (nSPS) is 14.8. The van der Waals surface area contributed by atoms with E-state index in [1.54, 1.807) is 6.07 Å². The van der Waals surface area contributed by atoms with E-state index >= 15 is 0 Å². The molecule has 0 radical (unpaired) electrons. The van der Waals surface area contributed by atoms with Gasteiger partial charge in [0.25, 0.3) is 0 Å². The van der Waals surface area contributed by atoms with Crippen molar-refractivity contribution in [2.75, 3.05) is 11.4 Å². The van der Waals surface area contributed by atoms with Crippen LogP contribution < -0.4 is 4.90 Å². The summed E-state index contributed by atoms with van der Waals surface area (Å²) in [6, 6.07) is 13.4. The number of carbonyl (C=O) groups is 1. The SMILES string of the molecule is O=C1CCCN(Cc2cccc(Cl)c2Cl)c2ccccc21. The van der Waals surface area contributed by atoms with Crippen molar-refractivity contribution in [2.45, 2.75) is 19.4 Å². The lowest BCUT2D eigenvalue weighted by molar-refractivity contribution is 0.0984. The summed E-state index contributed by atoms with van der Waals surface area (Å²) in [5.41, 5.74) is 2.76. The summed E-state index contributed by atoms with van der Waals surface area (Å²) >= 11 is 12.4. The summed E-state index contributed by atoms with van der Waals surface area (Å²) in [4.78, 5) is 14.4. The van der Waals surface area contributed by atoms with Crippen LogP contribution in [0.1, 0.15) is 28.8 Å². The molecule has 3 rings (SSSR count). The number of Topliss-reactive ketones (excluding diaryl/α,β-unsaturated/α-hetero) is 1. The van der Waals surface area contributed by atoms with Gasteiger partial charge in [0.1, 0.15) is 0 Å². The molecule has 108 valence electrons. The number of hydrogen-bond donors (Lipinski definition) is 0. The third kappa shape index (κ3) is 2.92. The average molecular weight is 320 g/mol. The number of anilines is 1. The Morgan fingerprint density at radius 3 is 2.71 bits per heavy atom. The van der Waals surface area contributed by atoms with Crippen LogP contribution in [-0.2, 0) is 6.54 Å². The standard InChI is InChI=1S/C17H15Cl2NO/c18-14-7-3-5-12(17(14)19)11-20-10-4-9-16(21)13-6-1-2-8-15(13)20/h1-3,5-8H,4,9-11H2. The first-order valence-corrected chi connectivity index (χ1v) is 7.72. The highest BCUT2D eigenvalue weighted by molar-refractivity contribution is 6.42. The Labute approximate surface area is 134 Å². The Kier molecular flexibility index (Phi) is 4.18. The topological polar surface area (TPSA) is 20.3 Å². The fourth-order valence-corrected chi connectivity index (χ4v) is 3.09. The van der Waals surface area contributed by atoms with Crippen LogP contribution in [0.15, 0.2) is 42.5 Å². The predicted octanol–water partition coefficient (Wildman–Crippen LogP) is 4.98. The first-order valence-electron chi connectivity index (χ1n) is 6.97. The third-order valence-electron chi connectivity index (χ3n) is 3.77. The van der Waals surface area contributed by atoms with Gasteiger partial charge in [0, 0.05) is 30.8 Å². The number of nitrogens with zero attached hydrogens (tertiary/aromatic N) is 1. The molecular formula is C17H15Cl2NO. The highest BCUT2D eigenvalue weighted by atomic mass is 35.5. The second-order valence-electron chi connectivity index (χ2n) is 5.18. The third-order valence-corrected chi connectivity index (χ3v) is 4.63. The largest absolute Gasteiger partial charge is 0.367 e. The van der Waals surface area contributed by atoms with Crippen LogP contribution in [-0.4, -0.2) is 12.3 Å². The molecule has 0 aliphatic carbocycles. The van der Waals surface area contributed by atoms with Gasteiger partial charge < -0.3 is 4.90 Å². The van der Waals surface area contributed by atoms with Crippen LogP contribution >= 0.6 is 23.2 Å². The number of fused-ring (bicyclic) bond motifs is 1. The smallest absolute Gasteiger partial charge is 0.165 e. The zero-order chi connectivity index (χ0) is 14.8. The van der Waals surface area contributed by atoms with Crippen LogP contribution in [0, 0.1) is 0 Å². The first-order chi connectivity index (χ1) is 10.2. The Balaban J connectivity index is 1.97. The Morgan fingerprint density at radius 1 is 1.05 bits per heavy atom. The molecule has 21 heavy (non-hydrogen) atoms. The lowest BCUT2D eigenvalue weighted by Gasteiger charge is -2.25. The number of ketones is 1. The van der Waals surface area contributed by atoms with Gasteiger partial charge in [0.05, 0.1) is 10.0 Å². The highest BCUT2D eigenvalue weighted by Gasteiger charge is 2.21. The van der Waals surface area contributed by atoms with E-state index in [0.717, 1.165) is 29.8 Å². The quantitative estimate of drug-likeness (QED) is 0.778. The van der Waals surface area contributed by atoms with E-state index in [1.165, 1.54) is 0 Å². The Morgan fingerprint density at radius 2 is 1.86 bits per heavy atom. The van der Waals surface area contributed by atoms with Crippen molar-refractivity contribution in [2.24, 2.45) is 0 Å². The van der Waals surface area contributed by atoms with Gasteiger partial charge in [-0.1, -0.05) is 47.5 Å². The molecule has 2 aromatic carbocycles. The lowest BCUT2D eigenvalue weighted by atomic mass is 10.1. The number of halogens is 2. The second-order valence-corrected chi connectivity index (χ2v) is 5.96. The van der Waals surface area contributed by atoms with Crippen LogP contribution in [0.3, 0.4) is 0 Å². The molecule has 1 aliphatic heterocycles. The second kappa shape index (κ2) is 6.08. The van der Waals surface area contributed by atoms with Crippen LogP contribution in [0.25, 0.3) is 0 Å². The molecule has 0 amide bonds. The molecule has 0 saturated heterocycles. The van der Waals surface area contributed by atoms with Gasteiger partial charge in [0.15, 0.2) is 5.78 Å². The summed E-state index contributed by atoms with van der Waals surface area (Å²) in [6.07, 6.45) is 1.45. The number of hydrogen-bond acceptors (Lipinski definition) is 2. The highest BCUT2D eigenvalue weighted by Crippen LogP contribution is 2.31. The molecule has 0 atom stereocenters. The minimum atomic E-state index is 0.213. The van der Waals surface area contributed by atoms with Crippen molar-refractivity contribution < 1.29 is 4.79 Å². The molecule has 0 N–H and O–H groups in total. The van der Waals surface area contributed by atoms with Gasteiger partial charge in [-0.05, 0) is 30.2 Å². The van der Waals surface area contributed by atoms with E-state index in [4.69, 9.17) is 23.2 Å². The number of carbonyl (C=O) groups excluding carboxylic acids is 1. The number of rotatable bonds is 2. The average Bonchev–Trinajstić information content (AvgIpc) is 2.65. The van der Waals surface area contributed by atoms with Crippen LogP contribution in [0.2, 0.25) is 10.0 Å². The molecule has 0 bridgehead atoms. The van der Waals surface area contributed by atoms with Gasteiger partial charge in [0.2, 0.25) is 0 Å². The minimum absolute atomic E-state index is 0.213. The van der Waals surface area contributed by atoms with Gasteiger partial charge in [-0.3, -0.25) is 4.79 Å². The molecule has 0 unspecified atom stereocenters. The monoisotopic (exact) mass is 319 g/mol. The molecule has 0 aromatic heterocycles. The molecule has 2 nitrogen and oxygen atoms in total. The maximum atomic E-state index is 12.2. The molecule has 2 aromatic rings. The Bertz CT molecular complexity index is 684. The fourth-order valence-electron chi connectivity index (χ4n) is 2.71. The van der Waals surface area contributed by atoms with E-state index in [1.807, 2.05) is 36.4 Å². The molecule has 4 heteroatoms. The summed E-state index contributed by atoms with van der Waals surface area (Å²) in [5.74, 6) is 0.213. The first kappa shape index (κ1) is 14.4. The zero-order valence-electron chi connectivity index (χ0n) is 11.5. The van der Waals surface area contributed by atoms with E-state index in [9.17, 15) is 4.79 Å². The zero-order valence-corrected chi connectivity index (χ0v) is 13.0. The summed E-state index contributed by atoms with van der Waals surface area (Å²) in [6.45, 7) is 1.50. The summed E-state index contributed by atoms with van der Waals surface area (Å²) in [5, 5.41) is 1.15. The minimum Gasteiger partial charge on any atom is -0.367 e. The van der Waals surface area contributed by atoms with Crippen molar-refractivity contribution >= 4 is 34.7 Å². The molecule has 0 spiro atoms. The molecule has 0 fully saturated rings. The van der Waals surface area contributed by atoms with Gasteiger partial charge in [-0.25, -0.2) is 0 Å². The predicted molar refractivity (Wildman–Crippen MR) is 87.5 cm³/mol. The van der Waals surface area contributed by atoms with Crippen molar-refractivity contribution in [1.82, 2.24) is 0 Å². The Hall–Kier alpha value is -1.51. The van der Waals surface area contributed by atoms with E-state index in [2.05, 4.69) is 4.90 Å². The van der Waals surface area contributed by atoms with Crippen molar-refractivity contribution in [3.8, 4) is 0 Å². The van der Waals surface area contributed by atoms with Crippen molar-refractivity contribution in [3.63, 3.8) is 0 Å². The van der Waals surface area contributed by atoms with Crippen molar-refractivity contribution in [1.29, 1.82) is 0 Å². The van der Waals surface area contributed by atoms with E-state index in [0.29, 0.717) is 23.0 Å². The fraction of sp³-hybridized carbons (Fsp3) is 0.235. The molecule has 1 heterocycles. The van der Waals surface area contributed by atoms with Crippen molar-refractivity contribution in [3.05, 3.63) is 63.6 Å². The lowest BCUT2D eigenvalue weighted by Crippen LogP contribution is -2.23. The van der Waals surface area contributed by atoms with Crippen LogP contribution in [0.5, 0.6) is 0 Å². The molecule has 0 saturated carbocycles. The molecular weight excluding hydrogens is 305 g/mol. The number of para-hydroxylation sites is 1. The maximum Gasteiger partial charge on any atom is 0.165 e. The molecule has 1 aliphatic rings. The summed E-state index contributed by atoms with van der Waals surface area (Å²) in [7, 11) is 0. The van der Waals surface area contributed by atoms with E-state index < -0.39 is 0 Å². The van der Waals surface area contributed by atoms with Gasteiger partial charge in [-0.15, -0.1) is 0 Å². The summed E-state index contributed by atoms with van der Waals surface area (Å²) < 4.78 is 0. The number of benzene rings is 2.